The Bertz CT molecular complexity index is 3230. The molecule has 1 aliphatic rings. The molecule has 0 atom stereocenters. The molecule has 1 aliphatic heterocycles. The molecule has 52 heavy (non-hydrogen) atoms. The molecular weight excluding hydrogens is 633 g/mol. The Morgan fingerprint density at radius 2 is 0.827 bits per heavy atom. The summed E-state index contributed by atoms with van der Waals surface area (Å²) in [6.45, 7) is 0. The lowest BCUT2D eigenvalue weighted by Gasteiger charge is -2.33. The maximum absolute atomic E-state index is 2.50. The minimum absolute atomic E-state index is 1.14. The van der Waals surface area contributed by atoms with Crippen molar-refractivity contribution in [2.75, 3.05) is 4.90 Å². The SMILES string of the molecule is c1ccc(-n2c3ccccc3c3cc(N4c5ccccc5-n5c6ccc7c8ccccc8n(-c8ccccc8)c7c6c6cccc4c65)ccc32)cc1. The van der Waals surface area contributed by atoms with E-state index >= 15 is 0 Å². The third kappa shape index (κ3) is 3.55. The van der Waals surface area contributed by atoms with E-state index in [0.29, 0.717) is 0 Å². The lowest BCUT2D eigenvalue weighted by molar-refractivity contribution is 1.11. The molecule has 242 valence electrons. The van der Waals surface area contributed by atoms with Gasteiger partial charge in [-0.1, -0.05) is 103 Å². The van der Waals surface area contributed by atoms with Crippen LogP contribution in [-0.4, -0.2) is 13.7 Å². The number of hydrogen-bond donors (Lipinski definition) is 0. The standard InChI is InChI=1S/C48H30N4/c1-3-14-31(15-4-1)49-39-21-9-8-19-35(39)38-30-33(26-28-41(38)49)50-42-23-11-12-24-43(42)52-44-29-27-36-34-18-7-10-22-40(34)51(32-16-5-2-6-17-32)48(36)46(44)37-20-13-25-45(50)47(37)52/h1-30H. The molecule has 11 aromatic rings. The molecule has 0 spiro atoms. The molecule has 4 heterocycles. The van der Waals surface area contributed by atoms with Crippen LogP contribution in [0.15, 0.2) is 182 Å². The average Bonchev–Trinajstić information content (AvgIpc) is 3.85. The average molecular weight is 663 g/mol. The minimum Gasteiger partial charge on any atom is -0.309 e. The first kappa shape index (κ1) is 27.7. The fraction of sp³-hybridized carbons (Fsp3) is 0. The van der Waals surface area contributed by atoms with Gasteiger partial charge >= 0.3 is 0 Å². The van der Waals surface area contributed by atoms with Gasteiger partial charge in [-0.25, -0.2) is 0 Å². The maximum Gasteiger partial charge on any atom is 0.0784 e. The molecule has 0 fully saturated rings. The van der Waals surface area contributed by atoms with Crippen LogP contribution in [0.5, 0.6) is 0 Å². The second-order valence-electron chi connectivity index (χ2n) is 13.8. The number of nitrogens with zero attached hydrogens (tertiary/aromatic N) is 4. The Morgan fingerprint density at radius 1 is 0.269 bits per heavy atom. The summed E-state index contributed by atoms with van der Waals surface area (Å²) in [7, 11) is 0. The first-order valence-electron chi connectivity index (χ1n) is 17.9. The van der Waals surface area contributed by atoms with E-state index in [9.17, 15) is 0 Å². The summed E-state index contributed by atoms with van der Waals surface area (Å²) in [5.41, 5.74) is 14.3. The fourth-order valence-corrected chi connectivity index (χ4v) is 9.07. The normalized spacial score (nSPS) is 12.6. The largest absolute Gasteiger partial charge is 0.309 e. The maximum atomic E-state index is 2.50. The van der Waals surface area contributed by atoms with Crippen LogP contribution in [-0.2, 0) is 0 Å². The van der Waals surface area contributed by atoms with Gasteiger partial charge in [0.05, 0.1) is 50.2 Å². The lowest BCUT2D eigenvalue weighted by atomic mass is 10.1. The second kappa shape index (κ2) is 10.3. The Hall–Kier alpha value is -7.04. The molecule has 0 radical (unpaired) electrons. The van der Waals surface area contributed by atoms with Crippen molar-refractivity contribution in [1.29, 1.82) is 0 Å². The van der Waals surface area contributed by atoms with E-state index in [2.05, 4.69) is 201 Å². The van der Waals surface area contributed by atoms with Gasteiger partial charge < -0.3 is 18.6 Å². The summed E-state index contributed by atoms with van der Waals surface area (Å²) in [6.07, 6.45) is 0. The van der Waals surface area contributed by atoms with Crippen molar-refractivity contribution in [3.05, 3.63) is 182 Å². The molecule has 12 rings (SSSR count). The minimum atomic E-state index is 1.14. The lowest BCUT2D eigenvalue weighted by Crippen LogP contribution is -2.18. The zero-order valence-electron chi connectivity index (χ0n) is 28.1. The molecule has 0 saturated carbocycles. The van der Waals surface area contributed by atoms with Gasteiger partial charge in [-0.3, -0.25) is 0 Å². The van der Waals surface area contributed by atoms with Crippen LogP contribution in [0.1, 0.15) is 0 Å². The molecule has 0 saturated heterocycles. The summed E-state index contributed by atoms with van der Waals surface area (Å²) in [5.74, 6) is 0. The predicted molar refractivity (Wildman–Crippen MR) is 218 cm³/mol. The van der Waals surface area contributed by atoms with Gasteiger partial charge in [-0.05, 0) is 78.9 Å². The highest BCUT2D eigenvalue weighted by atomic mass is 15.2. The Labute approximate surface area is 299 Å². The monoisotopic (exact) mass is 662 g/mol. The summed E-state index contributed by atoms with van der Waals surface area (Å²) in [5, 5.41) is 7.53. The van der Waals surface area contributed by atoms with Crippen LogP contribution in [0.25, 0.3) is 82.5 Å². The smallest absolute Gasteiger partial charge is 0.0784 e. The second-order valence-corrected chi connectivity index (χ2v) is 13.8. The zero-order chi connectivity index (χ0) is 33.9. The van der Waals surface area contributed by atoms with E-state index in [1.54, 1.807) is 0 Å². The summed E-state index contributed by atoms with van der Waals surface area (Å²) >= 11 is 0. The van der Waals surface area contributed by atoms with E-state index < -0.39 is 0 Å². The quantitative estimate of drug-likeness (QED) is 0.184. The fourth-order valence-electron chi connectivity index (χ4n) is 9.07. The Kier molecular flexibility index (Phi) is 5.47. The van der Waals surface area contributed by atoms with E-state index in [-0.39, 0.29) is 0 Å². The molecule has 0 N–H and O–H groups in total. The molecular formula is C48H30N4. The molecule has 0 amide bonds. The van der Waals surface area contributed by atoms with Crippen LogP contribution >= 0.6 is 0 Å². The topological polar surface area (TPSA) is 18.0 Å². The van der Waals surface area contributed by atoms with Crippen molar-refractivity contribution >= 4 is 82.5 Å². The highest BCUT2D eigenvalue weighted by molar-refractivity contribution is 6.28. The number of para-hydroxylation sites is 7. The van der Waals surface area contributed by atoms with E-state index in [1.165, 1.54) is 82.5 Å². The number of hydrogen-bond acceptors (Lipinski definition) is 1. The third-order valence-corrected chi connectivity index (χ3v) is 11.1. The van der Waals surface area contributed by atoms with Gasteiger partial charge in [0.25, 0.3) is 0 Å². The van der Waals surface area contributed by atoms with Crippen LogP contribution in [0.3, 0.4) is 0 Å². The van der Waals surface area contributed by atoms with Crippen LogP contribution in [0.4, 0.5) is 17.1 Å². The van der Waals surface area contributed by atoms with Crippen molar-refractivity contribution in [1.82, 2.24) is 13.7 Å². The number of rotatable bonds is 3. The van der Waals surface area contributed by atoms with Crippen molar-refractivity contribution < 1.29 is 0 Å². The molecule has 0 aliphatic carbocycles. The first-order valence-corrected chi connectivity index (χ1v) is 17.9. The number of aromatic nitrogens is 3. The van der Waals surface area contributed by atoms with Gasteiger partial charge in [0.2, 0.25) is 0 Å². The molecule has 4 nitrogen and oxygen atoms in total. The van der Waals surface area contributed by atoms with Crippen molar-refractivity contribution in [2.24, 2.45) is 0 Å². The Balaban J connectivity index is 1.19. The summed E-state index contributed by atoms with van der Waals surface area (Å²) < 4.78 is 7.34. The van der Waals surface area contributed by atoms with Crippen molar-refractivity contribution in [3.8, 4) is 17.1 Å². The molecule has 0 unspecified atom stereocenters. The van der Waals surface area contributed by atoms with Crippen molar-refractivity contribution in [3.63, 3.8) is 0 Å². The highest BCUT2D eigenvalue weighted by Gasteiger charge is 2.30. The van der Waals surface area contributed by atoms with Crippen LogP contribution in [0.2, 0.25) is 0 Å². The number of anilines is 3. The molecule has 0 bridgehead atoms. The number of fused-ring (bicyclic) bond motifs is 12. The Morgan fingerprint density at radius 3 is 1.60 bits per heavy atom. The van der Waals surface area contributed by atoms with E-state index in [1.807, 2.05) is 0 Å². The van der Waals surface area contributed by atoms with Gasteiger partial charge in [0.15, 0.2) is 0 Å². The van der Waals surface area contributed by atoms with Gasteiger partial charge in [-0.2, -0.15) is 0 Å². The summed E-state index contributed by atoms with van der Waals surface area (Å²) in [6, 6.07) is 66.4. The molecule has 3 aromatic heterocycles. The molecule has 8 aromatic carbocycles. The van der Waals surface area contributed by atoms with Crippen LogP contribution in [0, 0.1) is 0 Å². The van der Waals surface area contributed by atoms with Gasteiger partial charge in [0, 0.05) is 49.4 Å². The van der Waals surface area contributed by atoms with E-state index in [4.69, 9.17) is 0 Å². The third-order valence-electron chi connectivity index (χ3n) is 11.1. The van der Waals surface area contributed by atoms with Crippen molar-refractivity contribution in [2.45, 2.75) is 0 Å². The number of benzene rings is 8. The van der Waals surface area contributed by atoms with Gasteiger partial charge in [-0.15, -0.1) is 0 Å². The highest BCUT2D eigenvalue weighted by Crippen LogP contribution is 2.52. The molecule has 4 heteroatoms. The zero-order valence-corrected chi connectivity index (χ0v) is 28.1. The van der Waals surface area contributed by atoms with Crippen LogP contribution < -0.4 is 4.90 Å². The first-order chi connectivity index (χ1) is 25.8. The van der Waals surface area contributed by atoms with E-state index in [0.717, 1.165) is 17.1 Å². The predicted octanol–water partition coefficient (Wildman–Crippen LogP) is 12.8. The van der Waals surface area contributed by atoms with Gasteiger partial charge in [0.1, 0.15) is 0 Å². The summed E-state index contributed by atoms with van der Waals surface area (Å²) in [4.78, 5) is 2.47.